The number of hydrogen-bond donors (Lipinski definition) is 0. The van der Waals surface area contributed by atoms with E-state index in [0.717, 1.165) is 12.1 Å². The van der Waals surface area contributed by atoms with Crippen LogP contribution in [0.2, 0.25) is 0 Å². The third-order valence-electron chi connectivity index (χ3n) is 7.12. The van der Waals surface area contributed by atoms with Crippen molar-refractivity contribution in [3.63, 3.8) is 0 Å². The Morgan fingerprint density at radius 2 is 0.975 bits per heavy atom. The number of rotatable bonds is 4. The van der Waals surface area contributed by atoms with E-state index in [0.29, 0.717) is 24.3 Å². The third kappa shape index (κ3) is 3.41. The third-order valence-corrected chi connectivity index (χ3v) is 12.3. The molecule has 0 bridgehead atoms. The Balaban J connectivity index is 2.31. The van der Waals surface area contributed by atoms with E-state index in [9.17, 15) is 52.7 Å². The van der Waals surface area contributed by atoms with Crippen LogP contribution in [0.4, 0.5) is 61.5 Å². The first kappa shape index (κ1) is 30.8. The predicted octanol–water partition coefficient (Wildman–Crippen LogP) is 8.16. The fourth-order valence-corrected chi connectivity index (χ4v) is 11.8. The van der Waals surface area contributed by atoms with Gasteiger partial charge in [-0.2, -0.15) is 0 Å². The molecule has 17 heteroatoms. The molecule has 4 rings (SSSR count). The second kappa shape index (κ2) is 8.43. The number of alkyl halides is 14. The molecule has 0 radical (unpaired) electrons. The zero-order valence-corrected chi connectivity index (χ0v) is 20.7. The van der Waals surface area contributed by atoms with Gasteiger partial charge in [-0.3, -0.25) is 0 Å². The number of benzene rings is 2. The van der Waals surface area contributed by atoms with Gasteiger partial charge in [0.25, 0.3) is 0 Å². The van der Waals surface area contributed by atoms with E-state index in [1.165, 1.54) is 6.92 Å². The van der Waals surface area contributed by atoms with Crippen molar-refractivity contribution < 1.29 is 70.5 Å². The van der Waals surface area contributed by atoms with Crippen molar-refractivity contribution in [1.29, 1.82) is 0 Å². The molecule has 0 aliphatic carbocycles. The van der Waals surface area contributed by atoms with Crippen LogP contribution in [0.1, 0.15) is 30.9 Å². The number of hydrogen-bond acceptors (Lipinski definition) is 2. The molecule has 1 spiro atoms. The number of halogens is 14. The van der Waals surface area contributed by atoms with Crippen molar-refractivity contribution in [2.75, 3.05) is 6.16 Å². The second-order valence-corrected chi connectivity index (χ2v) is 13.4. The summed E-state index contributed by atoms with van der Waals surface area (Å²) in [4.78, 5) is 0. The van der Waals surface area contributed by atoms with E-state index < -0.39 is 83.2 Å². The quantitative estimate of drug-likeness (QED) is 0.253. The Morgan fingerprint density at radius 1 is 0.600 bits per heavy atom. The summed E-state index contributed by atoms with van der Waals surface area (Å²) in [6.07, 6.45) is -28.7. The van der Waals surface area contributed by atoms with E-state index in [1.807, 2.05) is 0 Å². The summed E-state index contributed by atoms with van der Waals surface area (Å²) in [6.45, 7) is 1.31. The first-order valence-electron chi connectivity index (χ1n) is 11.3. The van der Waals surface area contributed by atoms with Crippen LogP contribution in [-0.2, 0) is 20.2 Å². The van der Waals surface area contributed by atoms with Gasteiger partial charge >= 0.3 is 216 Å². The molecule has 2 aliphatic rings. The van der Waals surface area contributed by atoms with Crippen molar-refractivity contribution in [3.05, 3.63) is 59.7 Å². The van der Waals surface area contributed by atoms with Crippen LogP contribution >= 0.6 is 7.06 Å². The summed E-state index contributed by atoms with van der Waals surface area (Å²) in [5, 5.41) is -2.68. The average molecular weight is 622 g/mol. The molecule has 0 aromatic heterocycles. The van der Waals surface area contributed by atoms with E-state index in [2.05, 4.69) is 0 Å². The summed E-state index contributed by atoms with van der Waals surface area (Å²) in [6, 6.07) is 4.08. The Morgan fingerprint density at radius 3 is 1.35 bits per heavy atom. The molecule has 1 unspecified atom stereocenters. The van der Waals surface area contributed by atoms with Crippen molar-refractivity contribution >= 4 is 17.7 Å². The van der Waals surface area contributed by atoms with Gasteiger partial charge in [-0.05, 0) is 0 Å². The monoisotopic (exact) mass is 622 g/mol. The first-order valence-corrected chi connectivity index (χ1v) is 13.6. The first-order chi connectivity index (χ1) is 18.0. The van der Waals surface area contributed by atoms with Crippen LogP contribution in [-0.4, -0.2) is 36.8 Å². The normalized spacial score (nSPS) is 24.8. The number of fused-ring (bicyclic) bond motifs is 4. The van der Waals surface area contributed by atoms with Gasteiger partial charge in [0, 0.05) is 0 Å². The standard InChI is InChI=1S/C23H17F14O2P/c1-2-3-12-40(16-11-7-5-9-14(16)18(39-40,21(29,30)31)22(32,33)34)15-10-6-4-8-13(15)17(38-40,20(26,27)28)19(24,25)23(35,36)37/h4-11H,2-3,12H2,1H3. The van der Waals surface area contributed by atoms with E-state index >= 15 is 8.78 Å². The number of unbranched alkanes of at least 4 members (excludes halogenated alkanes) is 1. The van der Waals surface area contributed by atoms with Crippen LogP contribution in [0.3, 0.4) is 0 Å². The van der Waals surface area contributed by atoms with Crippen molar-refractivity contribution in [2.24, 2.45) is 0 Å². The topological polar surface area (TPSA) is 18.5 Å². The van der Waals surface area contributed by atoms with Crippen LogP contribution in [0.15, 0.2) is 48.5 Å². The van der Waals surface area contributed by atoms with Crippen LogP contribution in [0.25, 0.3) is 0 Å². The van der Waals surface area contributed by atoms with E-state index in [-0.39, 0.29) is 18.6 Å². The van der Waals surface area contributed by atoms with Gasteiger partial charge in [-0.1, -0.05) is 0 Å². The summed E-state index contributed by atoms with van der Waals surface area (Å²) < 4.78 is 212. The molecule has 0 fully saturated rings. The summed E-state index contributed by atoms with van der Waals surface area (Å²) >= 11 is 0. The molecule has 0 saturated carbocycles. The molecule has 40 heavy (non-hydrogen) atoms. The molecular weight excluding hydrogens is 605 g/mol. The zero-order chi connectivity index (χ0) is 30.4. The SMILES string of the molecule is CCCCP12(OC(C(F)(F)F)(C(F)(F)F)c3ccccc31)OC(C(F)(F)F)(C(F)(F)C(F)(F)F)c1ccccc12. The second-order valence-electron chi connectivity index (χ2n) is 9.35. The molecule has 0 saturated heterocycles. The molecule has 0 N–H and O–H groups in total. The van der Waals surface area contributed by atoms with Gasteiger partial charge in [-0.25, -0.2) is 0 Å². The molecule has 0 amide bonds. The van der Waals surface area contributed by atoms with Crippen LogP contribution in [0.5, 0.6) is 0 Å². The summed E-state index contributed by atoms with van der Waals surface area (Å²) in [5.74, 6) is -6.90. The molecule has 2 aromatic carbocycles. The molecule has 2 aromatic rings. The Labute approximate surface area is 216 Å². The molecular formula is C23H17F14O2P. The van der Waals surface area contributed by atoms with E-state index in [1.54, 1.807) is 0 Å². The van der Waals surface area contributed by atoms with Crippen molar-refractivity contribution in [2.45, 2.75) is 61.6 Å². The summed E-state index contributed by atoms with van der Waals surface area (Å²) in [5.41, 5.74) is -15.0. The summed E-state index contributed by atoms with van der Waals surface area (Å²) in [7, 11) is -6.85. The molecule has 1 atom stereocenters. The molecule has 2 heterocycles. The van der Waals surface area contributed by atoms with Crippen LogP contribution < -0.4 is 10.6 Å². The van der Waals surface area contributed by atoms with Gasteiger partial charge in [0.1, 0.15) is 0 Å². The van der Waals surface area contributed by atoms with Crippen molar-refractivity contribution in [3.8, 4) is 0 Å². The molecule has 2 aliphatic heterocycles. The van der Waals surface area contributed by atoms with Gasteiger partial charge in [0.15, 0.2) is 0 Å². The van der Waals surface area contributed by atoms with Gasteiger partial charge < -0.3 is 0 Å². The van der Waals surface area contributed by atoms with Gasteiger partial charge in [0.2, 0.25) is 0 Å². The maximum absolute atomic E-state index is 15.2. The van der Waals surface area contributed by atoms with E-state index in [4.69, 9.17) is 9.05 Å². The Bertz CT molecular complexity index is 1300. The minimum absolute atomic E-state index is 0.114. The molecule has 224 valence electrons. The maximum atomic E-state index is 15.2. The fraction of sp³-hybridized carbons (Fsp3) is 0.478. The predicted molar refractivity (Wildman–Crippen MR) is 114 cm³/mol. The van der Waals surface area contributed by atoms with Gasteiger partial charge in [-0.15, -0.1) is 0 Å². The van der Waals surface area contributed by atoms with Crippen LogP contribution in [0, 0.1) is 0 Å². The minimum atomic E-state index is -7.02. The zero-order valence-electron chi connectivity index (χ0n) is 19.8. The van der Waals surface area contributed by atoms with Gasteiger partial charge in [0.05, 0.1) is 0 Å². The fourth-order valence-electron chi connectivity index (χ4n) is 5.51. The Kier molecular flexibility index (Phi) is 6.49. The average Bonchev–Trinajstić information content (AvgIpc) is 3.26. The Hall–Kier alpha value is -2.19. The molecule has 2 nitrogen and oxygen atoms in total. The van der Waals surface area contributed by atoms with Crippen molar-refractivity contribution in [1.82, 2.24) is 0 Å².